The number of carbonyl (C=O) groups excluding carboxylic acids is 2. The first-order valence-electron chi connectivity index (χ1n) is 4.09. The Morgan fingerprint density at radius 2 is 1.67 bits per heavy atom. The fraction of sp³-hybridized carbons (Fsp3) is 0.750. The van der Waals surface area contributed by atoms with Crippen LogP contribution < -0.4 is 5.32 Å². The molecule has 0 saturated carbocycles. The monoisotopic (exact) mass is 174 g/mol. The summed E-state index contributed by atoms with van der Waals surface area (Å²) in [5.74, 6) is -1.06. The van der Waals surface area contributed by atoms with Crippen molar-refractivity contribution in [1.29, 1.82) is 0 Å². The van der Waals surface area contributed by atoms with Gasteiger partial charge < -0.3 is 10.2 Å². The Balaban J connectivity index is 0. The lowest BCUT2D eigenvalue weighted by atomic mass is 10.5. The van der Waals surface area contributed by atoms with Gasteiger partial charge in [0.15, 0.2) is 0 Å². The zero-order valence-electron chi connectivity index (χ0n) is 8.47. The van der Waals surface area contributed by atoms with Gasteiger partial charge in [-0.25, -0.2) is 0 Å². The van der Waals surface area contributed by atoms with Crippen LogP contribution in [-0.4, -0.2) is 37.4 Å². The maximum absolute atomic E-state index is 10.7. The molecule has 72 valence electrons. The predicted molar refractivity (Wildman–Crippen MR) is 48.7 cm³/mol. The number of hydrogen-bond acceptors (Lipinski definition) is 2. The van der Waals surface area contributed by atoms with Crippen LogP contribution in [0.3, 0.4) is 0 Å². The van der Waals surface area contributed by atoms with Gasteiger partial charge in [0.25, 0.3) is 0 Å². The van der Waals surface area contributed by atoms with Gasteiger partial charge in [0.2, 0.25) is 0 Å². The molecule has 2 amide bonds. The number of rotatable bonds is 1. The van der Waals surface area contributed by atoms with Crippen molar-refractivity contribution in [3.05, 3.63) is 0 Å². The minimum atomic E-state index is -0.549. The smallest absolute Gasteiger partial charge is 0.311 e. The first-order valence-corrected chi connectivity index (χ1v) is 4.09. The molecular formula is C8H18N2O2. The molecule has 0 aliphatic carbocycles. The van der Waals surface area contributed by atoms with Crippen LogP contribution in [0.25, 0.3) is 0 Å². The van der Waals surface area contributed by atoms with E-state index in [4.69, 9.17) is 0 Å². The predicted octanol–water partition coefficient (Wildman–Crippen LogP) is 0.237. The molecule has 1 N–H and O–H groups in total. The molecule has 0 fully saturated rings. The largest absolute Gasteiger partial charge is 0.348 e. The van der Waals surface area contributed by atoms with Crippen molar-refractivity contribution in [1.82, 2.24) is 10.2 Å². The molecule has 0 spiro atoms. The minimum Gasteiger partial charge on any atom is -0.348 e. The molecule has 0 rings (SSSR count). The number of nitrogens with zero attached hydrogens (tertiary/aromatic N) is 1. The van der Waals surface area contributed by atoms with Gasteiger partial charge in [-0.15, -0.1) is 0 Å². The Bertz CT molecular complexity index is 144. The zero-order valence-corrected chi connectivity index (χ0v) is 8.47. The molecule has 0 radical (unpaired) electrons. The Morgan fingerprint density at radius 3 is 1.92 bits per heavy atom. The normalized spacial score (nSPS) is 7.75. The average molecular weight is 174 g/mol. The van der Waals surface area contributed by atoms with Crippen LogP contribution in [0.15, 0.2) is 0 Å². The van der Waals surface area contributed by atoms with Crippen molar-refractivity contribution < 1.29 is 9.59 Å². The first-order chi connectivity index (χ1) is 5.59. The summed E-state index contributed by atoms with van der Waals surface area (Å²) in [4.78, 5) is 22.7. The molecule has 0 bridgehead atoms. The molecule has 0 aliphatic rings. The summed E-state index contributed by atoms with van der Waals surface area (Å²) in [6, 6.07) is 0. The Morgan fingerprint density at radius 1 is 1.25 bits per heavy atom. The maximum Gasteiger partial charge on any atom is 0.311 e. The summed E-state index contributed by atoms with van der Waals surface area (Å²) in [7, 11) is 3.08. The van der Waals surface area contributed by atoms with Gasteiger partial charge in [-0.1, -0.05) is 13.8 Å². The van der Waals surface area contributed by atoms with Crippen molar-refractivity contribution in [2.24, 2.45) is 0 Å². The average Bonchev–Trinajstić information content (AvgIpc) is 2.07. The third-order valence-corrected chi connectivity index (χ3v) is 0.938. The number of hydrogen-bond donors (Lipinski definition) is 1. The molecule has 4 nitrogen and oxygen atoms in total. The molecule has 0 aliphatic heterocycles. The zero-order chi connectivity index (χ0) is 10.1. The van der Waals surface area contributed by atoms with Crippen LogP contribution in [0.2, 0.25) is 0 Å². The molecule has 4 heteroatoms. The highest BCUT2D eigenvalue weighted by molar-refractivity contribution is 6.34. The summed E-state index contributed by atoms with van der Waals surface area (Å²) in [6.45, 7) is 6.25. The van der Waals surface area contributed by atoms with Crippen molar-refractivity contribution in [2.75, 3.05) is 20.6 Å². The first kappa shape index (κ1) is 13.5. The topological polar surface area (TPSA) is 49.4 Å². The molecule has 0 aromatic rings. The second kappa shape index (κ2) is 8.04. The summed E-state index contributed by atoms with van der Waals surface area (Å²) in [5, 5.41) is 2.40. The lowest BCUT2D eigenvalue weighted by molar-refractivity contribution is -0.144. The van der Waals surface area contributed by atoms with Gasteiger partial charge in [0, 0.05) is 20.6 Å². The highest BCUT2D eigenvalue weighted by Crippen LogP contribution is 1.77. The van der Waals surface area contributed by atoms with E-state index in [1.807, 2.05) is 13.8 Å². The van der Waals surface area contributed by atoms with Gasteiger partial charge in [0.1, 0.15) is 0 Å². The second-order valence-electron chi connectivity index (χ2n) is 2.06. The van der Waals surface area contributed by atoms with Gasteiger partial charge >= 0.3 is 11.8 Å². The maximum atomic E-state index is 10.7. The summed E-state index contributed by atoms with van der Waals surface area (Å²) < 4.78 is 0. The Kier molecular flexibility index (Phi) is 9.06. The molecular weight excluding hydrogens is 156 g/mol. The van der Waals surface area contributed by atoms with E-state index in [-0.39, 0.29) is 0 Å². The van der Waals surface area contributed by atoms with E-state index in [9.17, 15) is 9.59 Å². The van der Waals surface area contributed by atoms with Crippen LogP contribution in [-0.2, 0) is 9.59 Å². The van der Waals surface area contributed by atoms with Crippen molar-refractivity contribution in [3.63, 3.8) is 0 Å². The van der Waals surface area contributed by atoms with E-state index in [0.717, 1.165) is 0 Å². The van der Waals surface area contributed by atoms with Crippen LogP contribution in [0.1, 0.15) is 20.8 Å². The molecule has 0 atom stereocenters. The van der Waals surface area contributed by atoms with E-state index in [2.05, 4.69) is 5.32 Å². The summed E-state index contributed by atoms with van der Waals surface area (Å²) in [6.07, 6.45) is 0. The van der Waals surface area contributed by atoms with Gasteiger partial charge in [-0.2, -0.15) is 0 Å². The minimum absolute atomic E-state index is 0.485. The fourth-order valence-corrected chi connectivity index (χ4v) is 0.439. The molecule has 0 heterocycles. The van der Waals surface area contributed by atoms with Gasteiger partial charge in [0.05, 0.1) is 0 Å². The summed E-state index contributed by atoms with van der Waals surface area (Å²) in [5.41, 5.74) is 0. The van der Waals surface area contributed by atoms with Crippen molar-refractivity contribution in [2.45, 2.75) is 20.8 Å². The van der Waals surface area contributed by atoms with Crippen molar-refractivity contribution in [3.8, 4) is 0 Å². The number of carbonyl (C=O) groups is 2. The SMILES string of the molecule is CC.CCNC(=O)C(=O)N(C)C. The number of amides is 2. The van der Waals surface area contributed by atoms with Crippen molar-refractivity contribution >= 4 is 11.8 Å². The van der Waals surface area contributed by atoms with Crippen LogP contribution in [0.5, 0.6) is 0 Å². The molecule has 0 aromatic carbocycles. The van der Waals surface area contributed by atoms with E-state index in [1.165, 1.54) is 19.0 Å². The second-order valence-corrected chi connectivity index (χ2v) is 2.06. The lowest BCUT2D eigenvalue weighted by Crippen LogP contribution is -2.38. The third kappa shape index (κ3) is 5.70. The summed E-state index contributed by atoms with van der Waals surface area (Å²) >= 11 is 0. The molecule has 0 saturated heterocycles. The van der Waals surface area contributed by atoms with Gasteiger partial charge in [-0.05, 0) is 6.92 Å². The van der Waals surface area contributed by atoms with E-state index in [0.29, 0.717) is 6.54 Å². The van der Waals surface area contributed by atoms with Crippen LogP contribution in [0, 0.1) is 0 Å². The highest BCUT2D eigenvalue weighted by Gasteiger charge is 2.12. The fourth-order valence-electron chi connectivity index (χ4n) is 0.439. The number of nitrogens with one attached hydrogen (secondary N) is 1. The number of likely N-dealkylation sites (N-methyl/N-ethyl adjacent to an activating group) is 2. The molecule has 0 aromatic heterocycles. The van der Waals surface area contributed by atoms with E-state index < -0.39 is 11.8 Å². The van der Waals surface area contributed by atoms with Crippen LogP contribution in [0.4, 0.5) is 0 Å². The standard InChI is InChI=1S/C6H12N2O2.C2H6/c1-4-7-5(9)6(10)8(2)3;1-2/h4H2,1-3H3,(H,7,9);1-2H3. The Labute approximate surface area is 73.9 Å². The van der Waals surface area contributed by atoms with Crippen LogP contribution >= 0.6 is 0 Å². The van der Waals surface area contributed by atoms with Gasteiger partial charge in [-0.3, -0.25) is 9.59 Å². The third-order valence-electron chi connectivity index (χ3n) is 0.938. The molecule has 0 unspecified atom stereocenters. The van der Waals surface area contributed by atoms with E-state index >= 15 is 0 Å². The van der Waals surface area contributed by atoms with E-state index in [1.54, 1.807) is 6.92 Å². The molecule has 12 heavy (non-hydrogen) atoms. The Hall–Kier alpha value is -1.06. The highest BCUT2D eigenvalue weighted by atomic mass is 16.2. The lowest BCUT2D eigenvalue weighted by Gasteiger charge is -2.08. The quantitative estimate of drug-likeness (QED) is 0.579.